The maximum Gasteiger partial charge on any atom is 0.226 e. The predicted octanol–water partition coefficient (Wildman–Crippen LogP) is 3.36. The number of aromatic nitrogens is 2. The van der Waals surface area contributed by atoms with Crippen LogP contribution in [0.2, 0.25) is 0 Å². The topological polar surface area (TPSA) is 68.0 Å². The predicted molar refractivity (Wildman–Crippen MR) is 85.2 cm³/mol. The lowest BCUT2D eigenvalue weighted by molar-refractivity contribution is -0.121. The van der Waals surface area contributed by atoms with E-state index in [9.17, 15) is 4.79 Å². The van der Waals surface area contributed by atoms with Crippen molar-refractivity contribution in [3.63, 3.8) is 0 Å². The summed E-state index contributed by atoms with van der Waals surface area (Å²) in [6.07, 6.45) is 3.90. The molecular formula is C17H23N3O2. The van der Waals surface area contributed by atoms with Crippen molar-refractivity contribution in [3.8, 4) is 11.4 Å². The average Bonchev–Trinajstić information content (AvgIpc) is 2.97. The summed E-state index contributed by atoms with van der Waals surface area (Å²) in [4.78, 5) is 16.1. The van der Waals surface area contributed by atoms with Crippen LogP contribution in [0.5, 0.6) is 0 Å². The van der Waals surface area contributed by atoms with Crippen molar-refractivity contribution < 1.29 is 9.32 Å². The number of nitrogens with zero attached hydrogens (tertiary/aromatic N) is 2. The zero-order valence-electron chi connectivity index (χ0n) is 13.2. The quantitative estimate of drug-likeness (QED) is 0.811. The van der Waals surface area contributed by atoms with Crippen LogP contribution >= 0.6 is 0 Å². The van der Waals surface area contributed by atoms with Crippen molar-refractivity contribution in [2.24, 2.45) is 0 Å². The van der Waals surface area contributed by atoms with Crippen molar-refractivity contribution in [2.75, 3.05) is 0 Å². The molecule has 1 aromatic heterocycles. The summed E-state index contributed by atoms with van der Waals surface area (Å²) in [5.41, 5.74) is 0.934. The zero-order valence-corrected chi connectivity index (χ0v) is 13.2. The van der Waals surface area contributed by atoms with Gasteiger partial charge in [-0.1, -0.05) is 48.8 Å². The Balaban J connectivity index is 1.76. The molecule has 0 spiro atoms. The first-order chi connectivity index (χ1) is 10.7. The van der Waals surface area contributed by atoms with Gasteiger partial charge in [-0.3, -0.25) is 4.79 Å². The van der Waals surface area contributed by atoms with Gasteiger partial charge in [0.1, 0.15) is 0 Å². The standard InChI is InChI=1S/C17H23N3O2/c1-3-8-13(2)18-15(21)11-7-12-16-19-17(20-22-16)14-9-5-4-6-10-14/h4-6,9-10,13H,3,7-8,11-12H2,1-2H3,(H,18,21). The van der Waals surface area contributed by atoms with Crippen molar-refractivity contribution in [1.29, 1.82) is 0 Å². The van der Waals surface area contributed by atoms with E-state index in [-0.39, 0.29) is 11.9 Å². The first kappa shape index (κ1) is 16.2. The van der Waals surface area contributed by atoms with Crippen molar-refractivity contribution in [2.45, 2.75) is 52.0 Å². The van der Waals surface area contributed by atoms with E-state index in [0.29, 0.717) is 31.0 Å². The largest absolute Gasteiger partial charge is 0.354 e. The summed E-state index contributed by atoms with van der Waals surface area (Å²) in [7, 11) is 0. The van der Waals surface area contributed by atoms with E-state index in [2.05, 4.69) is 22.4 Å². The Morgan fingerprint density at radius 3 is 2.82 bits per heavy atom. The maximum atomic E-state index is 11.8. The Morgan fingerprint density at radius 2 is 2.09 bits per heavy atom. The zero-order chi connectivity index (χ0) is 15.8. The molecule has 1 heterocycles. The van der Waals surface area contributed by atoms with Crippen LogP contribution in [0.15, 0.2) is 34.9 Å². The first-order valence-electron chi connectivity index (χ1n) is 7.86. The van der Waals surface area contributed by atoms with Gasteiger partial charge in [-0.15, -0.1) is 0 Å². The highest BCUT2D eigenvalue weighted by molar-refractivity contribution is 5.76. The van der Waals surface area contributed by atoms with Crippen LogP contribution in [0.25, 0.3) is 11.4 Å². The number of aryl methyl sites for hydroxylation is 1. The number of carbonyl (C=O) groups excluding carboxylic acids is 1. The summed E-state index contributed by atoms with van der Waals surface area (Å²) in [5.74, 6) is 1.26. The van der Waals surface area contributed by atoms with Gasteiger partial charge in [-0.05, 0) is 19.8 Å². The third-order valence-electron chi connectivity index (χ3n) is 3.42. The van der Waals surface area contributed by atoms with Crippen molar-refractivity contribution in [3.05, 3.63) is 36.2 Å². The van der Waals surface area contributed by atoms with Crippen LogP contribution in [-0.2, 0) is 11.2 Å². The summed E-state index contributed by atoms with van der Waals surface area (Å²) >= 11 is 0. The molecule has 0 saturated heterocycles. The number of carbonyl (C=O) groups is 1. The summed E-state index contributed by atoms with van der Waals surface area (Å²) in [5, 5.41) is 6.96. The van der Waals surface area contributed by atoms with E-state index in [4.69, 9.17) is 4.52 Å². The second kappa shape index (κ2) is 8.32. The second-order valence-corrected chi connectivity index (χ2v) is 5.49. The minimum atomic E-state index is 0.0868. The van der Waals surface area contributed by atoms with E-state index < -0.39 is 0 Å². The molecule has 22 heavy (non-hydrogen) atoms. The van der Waals surface area contributed by atoms with E-state index in [1.165, 1.54) is 0 Å². The Kier molecular flexibility index (Phi) is 6.13. The lowest BCUT2D eigenvalue weighted by atomic mass is 10.1. The molecule has 5 heteroatoms. The van der Waals surface area contributed by atoms with Gasteiger partial charge in [0.25, 0.3) is 0 Å². The number of hydrogen-bond donors (Lipinski definition) is 1. The molecule has 1 unspecified atom stereocenters. The van der Waals surface area contributed by atoms with Gasteiger partial charge in [0.05, 0.1) is 0 Å². The monoisotopic (exact) mass is 301 g/mol. The highest BCUT2D eigenvalue weighted by atomic mass is 16.5. The van der Waals surface area contributed by atoms with Crippen molar-refractivity contribution in [1.82, 2.24) is 15.5 Å². The molecule has 2 rings (SSSR count). The molecule has 1 amide bonds. The van der Waals surface area contributed by atoms with E-state index in [1.54, 1.807) is 0 Å². The smallest absolute Gasteiger partial charge is 0.226 e. The molecular weight excluding hydrogens is 278 g/mol. The fraction of sp³-hybridized carbons (Fsp3) is 0.471. The molecule has 0 aliphatic heterocycles. The average molecular weight is 301 g/mol. The SMILES string of the molecule is CCCC(C)NC(=O)CCCc1nc(-c2ccccc2)no1. The fourth-order valence-corrected chi connectivity index (χ4v) is 2.31. The van der Waals surface area contributed by atoms with Gasteiger partial charge in [-0.25, -0.2) is 0 Å². The molecule has 0 bridgehead atoms. The Morgan fingerprint density at radius 1 is 1.32 bits per heavy atom. The number of benzene rings is 1. The lowest BCUT2D eigenvalue weighted by Crippen LogP contribution is -2.32. The first-order valence-corrected chi connectivity index (χ1v) is 7.86. The van der Waals surface area contributed by atoms with Gasteiger partial charge in [0, 0.05) is 24.4 Å². The molecule has 1 N–H and O–H groups in total. The second-order valence-electron chi connectivity index (χ2n) is 5.49. The molecule has 0 aliphatic rings. The van der Waals surface area contributed by atoms with Crippen molar-refractivity contribution >= 4 is 5.91 Å². The molecule has 118 valence electrons. The molecule has 1 atom stereocenters. The minimum absolute atomic E-state index is 0.0868. The highest BCUT2D eigenvalue weighted by Crippen LogP contribution is 2.15. The van der Waals surface area contributed by atoms with Crippen LogP contribution in [0.3, 0.4) is 0 Å². The van der Waals surface area contributed by atoms with Crippen LogP contribution in [-0.4, -0.2) is 22.1 Å². The lowest BCUT2D eigenvalue weighted by Gasteiger charge is -2.12. The van der Waals surface area contributed by atoms with Gasteiger partial charge in [0.2, 0.25) is 17.6 Å². The highest BCUT2D eigenvalue weighted by Gasteiger charge is 2.10. The third-order valence-corrected chi connectivity index (χ3v) is 3.42. The van der Waals surface area contributed by atoms with E-state index >= 15 is 0 Å². The van der Waals surface area contributed by atoms with Crippen LogP contribution in [0, 0.1) is 0 Å². The molecule has 0 aliphatic carbocycles. The van der Waals surface area contributed by atoms with E-state index in [0.717, 1.165) is 18.4 Å². The molecule has 1 aromatic carbocycles. The van der Waals surface area contributed by atoms with Crippen LogP contribution < -0.4 is 5.32 Å². The summed E-state index contributed by atoms with van der Waals surface area (Å²) in [6, 6.07) is 9.95. The van der Waals surface area contributed by atoms with Gasteiger partial charge in [-0.2, -0.15) is 4.98 Å². The third kappa shape index (κ3) is 4.98. The number of rotatable bonds is 8. The number of amides is 1. The Labute approximate surface area is 131 Å². The minimum Gasteiger partial charge on any atom is -0.354 e. The van der Waals surface area contributed by atoms with Crippen LogP contribution in [0.1, 0.15) is 45.4 Å². The molecule has 0 fully saturated rings. The van der Waals surface area contributed by atoms with Gasteiger partial charge >= 0.3 is 0 Å². The fourth-order valence-electron chi connectivity index (χ4n) is 2.31. The number of nitrogens with one attached hydrogen (secondary N) is 1. The normalized spacial score (nSPS) is 12.1. The molecule has 2 aromatic rings. The summed E-state index contributed by atoms with van der Waals surface area (Å²) < 4.78 is 5.23. The van der Waals surface area contributed by atoms with E-state index in [1.807, 2.05) is 37.3 Å². The van der Waals surface area contributed by atoms with Crippen LogP contribution in [0.4, 0.5) is 0 Å². The summed E-state index contributed by atoms with van der Waals surface area (Å²) in [6.45, 7) is 4.15. The molecule has 5 nitrogen and oxygen atoms in total. The van der Waals surface area contributed by atoms with Gasteiger partial charge < -0.3 is 9.84 Å². The molecule has 0 radical (unpaired) electrons. The number of hydrogen-bond acceptors (Lipinski definition) is 4. The Bertz CT molecular complexity index is 581. The maximum absolute atomic E-state index is 11.8. The Hall–Kier alpha value is -2.17. The van der Waals surface area contributed by atoms with Gasteiger partial charge in [0.15, 0.2) is 0 Å². The molecule has 0 saturated carbocycles.